The molecule has 1 N–H and O–H groups in total. The SMILES string of the molecule is CCC=C(C)C(=O)NCCc1csc(N2CCCC2)n1. The van der Waals surface area contributed by atoms with Crippen LogP contribution in [0.2, 0.25) is 0 Å². The maximum atomic E-state index is 11.7. The lowest BCUT2D eigenvalue weighted by molar-refractivity contribution is -0.117. The molecule has 1 aromatic heterocycles. The second-order valence-corrected chi connectivity index (χ2v) is 5.95. The summed E-state index contributed by atoms with van der Waals surface area (Å²) in [6.45, 7) is 6.80. The Morgan fingerprint density at radius 2 is 2.25 bits per heavy atom. The van der Waals surface area contributed by atoms with Crippen molar-refractivity contribution in [3.8, 4) is 0 Å². The summed E-state index contributed by atoms with van der Waals surface area (Å²) < 4.78 is 0. The van der Waals surface area contributed by atoms with Crippen LogP contribution in [-0.2, 0) is 11.2 Å². The predicted molar refractivity (Wildman–Crippen MR) is 84.3 cm³/mol. The van der Waals surface area contributed by atoms with Gasteiger partial charge < -0.3 is 10.2 Å². The number of nitrogens with zero attached hydrogens (tertiary/aromatic N) is 2. The minimum atomic E-state index is 0.0295. The predicted octanol–water partition coefficient (Wildman–Crippen LogP) is 2.76. The number of anilines is 1. The van der Waals surface area contributed by atoms with Crippen molar-refractivity contribution in [2.75, 3.05) is 24.5 Å². The lowest BCUT2D eigenvalue weighted by atomic mass is 10.2. The Morgan fingerprint density at radius 3 is 2.95 bits per heavy atom. The smallest absolute Gasteiger partial charge is 0.246 e. The molecule has 0 saturated carbocycles. The van der Waals surface area contributed by atoms with Crippen LogP contribution < -0.4 is 10.2 Å². The molecule has 1 amide bonds. The second-order valence-electron chi connectivity index (χ2n) is 5.12. The first-order chi connectivity index (χ1) is 9.70. The fourth-order valence-corrected chi connectivity index (χ4v) is 3.22. The zero-order valence-electron chi connectivity index (χ0n) is 12.3. The van der Waals surface area contributed by atoms with Gasteiger partial charge in [-0.25, -0.2) is 4.98 Å². The summed E-state index contributed by atoms with van der Waals surface area (Å²) in [5, 5.41) is 6.17. The average Bonchev–Trinajstić information content (AvgIpc) is 3.09. The molecule has 0 aromatic carbocycles. The highest BCUT2D eigenvalue weighted by Crippen LogP contribution is 2.24. The topological polar surface area (TPSA) is 45.2 Å². The number of hydrogen-bond acceptors (Lipinski definition) is 4. The van der Waals surface area contributed by atoms with Crippen LogP contribution in [0.1, 0.15) is 38.8 Å². The van der Waals surface area contributed by atoms with Crippen LogP contribution in [0.4, 0.5) is 5.13 Å². The van der Waals surface area contributed by atoms with Crippen molar-refractivity contribution in [2.24, 2.45) is 0 Å². The number of hydrogen-bond donors (Lipinski definition) is 1. The summed E-state index contributed by atoms with van der Waals surface area (Å²) in [5.41, 5.74) is 1.87. The van der Waals surface area contributed by atoms with Gasteiger partial charge in [0.25, 0.3) is 0 Å². The van der Waals surface area contributed by atoms with Gasteiger partial charge in [0.15, 0.2) is 5.13 Å². The van der Waals surface area contributed by atoms with Gasteiger partial charge in [-0.15, -0.1) is 11.3 Å². The van der Waals surface area contributed by atoms with E-state index in [4.69, 9.17) is 0 Å². The summed E-state index contributed by atoms with van der Waals surface area (Å²) >= 11 is 1.71. The Bertz CT molecular complexity index is 475. The first-order valence-electron chi connectivity index (χ1n) is 7.35. The molecule has 1 fully saturated rings. The highest BCUT2D eigenvalue weighted by molar-refractivity contribution is 7.13. The Labute approximate surface area is 124 Å². The number of nitrogens with one attached hydrogen (secondary N) is 1. The van der Waals surface area contributed by atoms with Gasteiger partial charge in [0.2, 0.25) is 5.91 Å². The van der Waals surface area contributed by atoms with Crippen molar-refractivity contribution in [3.63, 3.8) is 0 Å². The maximum Gasteiger partial charge on any atom is 0.246 e. The fourth-order valence-electron chi connectivity index (χ4n) is 2.31. The first kappa shape index (κ1) is 15.0. The number of rotatable bonds is 6. The molecule has 0 bridgehead atoms. The van der Waals surface area contributed by atoms with Crippen molar-refractivity contribution in [3.05, 3.63) is 22.7 Å². The quantitative estimate of drug-likeness (QED) is 0.820. The molecule has 110 valence electrons. The third-order valence-electron chi connectivity index (χ3n) is 3.45. The third kappa shape index (κ3) is 4.07. The molecule has 2 rings (SSSR count). The van der Waals surface area contributed by atoms with Gasteiger partial charge in [0, 0.05) is 37.0 Å². The molecule has 1 aromatic rings. The molecule has 1 aliphatic rings. The van der Waals surface area contributed by atoms with Gasteiger partial charge in [-0.3, -0.25) is 4.79 Å². The lowest BCUT2D eigenvalue weighted by Crippen LogP contribution is -2.26. The zero-order chi connectivity index (χ0) is 14.4. The van der Waals surface area contributed by atoms with E-state index in [-0.39, 0.29) is 5.91 Å². The van der Waals surface area contributed by atoms with Gasteiger partial charge in [-0.05, 0) is 26.2 Å². The van der Waals surface area contributed by atoms with Gasteiger partial charge in [0.05, 0.1) is 5.69 Å². The lowest BCUT2D eigenvalue weighted by Gasteiger charge is -2.12. The molecule has 0 radical (unpaired) electrons. The van der Waals surface area contributed by atoms with Crippen molar-refractivity contribution < 1.29 is 4.79 Å². The molecule has 0 aliphatic carbocycles. The average molecular weight is 293 g/mol. The molecule has 0 spiro atoms. The van der Waals surface area contributed by atoms with Crippen molar-refractivity contribution in [1.29, 1.82) is 0 Å². The van der Waals surface area contributed by atoms with Gasteiger partial charge in [-0.2, -0.15) is 0 Å². The van der Waals surface area contributed by atoms with Gasteiger partial charge in [0.1, 0.15) is 0 Å². The number of allylic oxidation sites excluding steroid dienone is 1. The van der Waals surface area contributed by atoms with Gasteiger partial charge >= 0.3 is 0 Å². The molecule has 1 aliphatic heterocycles. The van der Waals surface area contributed by atoms with Crippen LogP contribution in [0.3, 0.4) is 0 Å². The van der Waals surface area contributed by atoms with Crippen molar-refractivity contribution >= 4 is 22.4 Å². The van der Waals surface area contributed by atoms with Crippen LogP contribution in [0.25, 0.3) is 0 Å². The van der Waals surface area contributed by atoms with E-state index in [1.165, 1.54) is 12.8 Å². The van der Waals surface area contributed by atoms with Crippen molar-refractivity contribution in [2.45, 2.75) is 39.5 Å². The molecule has 1 saturated heterocycles. The second kappa shape index (κ2) is 7.43. The van der Waals surface area contributed by atoms with E-state index in [1.54, 1.807) is 11.3 Å². The number of thiazole rings is 1. The first-order valence-corrected chi connectivity index (χ1v) is 8.23. The fraction of sp³-hybridized carbons (Fsp3) is 0.600. The van der Waals surface area contributed by atoms with E-state index in [1.807, 2.05) is 19.9 Å². The standard InChI is InChI=1S/C15H23N3OS/c1-3-6-12(2)14(19)16-8-7-13-11-20-15(17-13)18-9-4-5-10-18/h6,11H,3-5,7-10H2,1-2H3,(H,16,19). The minimum Gasteiger partial charge on any atom is -0.352 e. The normalized spacial score (nSPS) is 15.7. The van der Waals surface area contributed by atoms with Gasteiger partial charge in [-0.1, -0.05) is 13.0 Å². The van der Waals surface area contributed by atoms with Crippen LogP contribution >= 0.6 is 11.3 Å². The molecular formula is C15H23N3OS. The largest absolute Gasteiger partial charge is 0.352 e. The Morgan fingerprint density at radius 1 is 1.50 bits per heavy atom. The summed E-state index contributed by atoms with van der Waals surface area (Å²) in [7, 11) is 0. The highest BCUT2D eigenvalue weighted by Gasteiger charge is 2.15. The maximum absolute atomic E-state index is 11.7. The number of carbonyl (C=O) groups excluding carboxylic acids is 1. The van der Waals surface area contributed by atoms with Crippen molar-refractivity contribution in [1.82, 2.24) is 10.3 Å². The van der Waals surface area contributed by atoms with E-state index < -0.39 is 0 Å². The summed E-state index contributed by atoms with van der Waals surface area (Å²) in [6, 6.07) is 0. The Hall–Kier alpha value is -1.36. The Kier molecular flexibility index (Phi) is 5.59. The van der Waals surface area contributed by atoms with Crippen LogP contribution in [0, 0.1) is 0 Å². The van der Waals surface area contributed by atoms with E-state index in [0.717, 1.165) is 42.3 Å². The number of carbonyl (C=O) groups is 1. The van der Waals surface area contributed by atoms with Crippen LogP contribution in [-0.4, -0.2) is 30.5 Å². The summed E-state index contributed by atoms with van der Waals surface area (Å²) in [4.78, 5) is 18.7. The molecule has 20 heavy (non-hydrogen) atoms. The van der Waals surface area contributed by atoms with E-state index in [2.05, 4.69) is 20.6 Å². The zero-order valence-corrected chi connectivity index (χ0v) is 13.1. The molecule has 0 unspecified atom stereocenters. The van der Waals surface area contributed by atoms with Crippen LogP contribution in [0.15, 0.2) is 17.0 Å². The molecular weight excluding hydrogens is 270 g/mol. The van der Waals surface area contributed by atoms with Crippen LogP contribution in [0.5, 0.6) is 0 Å². The summed E-state index contributed by atoms with van der Waals surface area (Å²) in [6.07, 6.45) is 6.19. The number of amides is 1. The Balaban J connectivity index is 1.77. The summed E-state index contributed by atoms with van der Waals surface area (Å²) in [5.74, 6) is 0.0295. The van der Waals surface area contributed by atoms with E-state index >= 15 is 0 Å². The van der Waals surface area contributed by atoms with E-state index in [0.29, 0.717) is 6.54 Å². The number of aromatic nitrogens is 1. The highest BCUT2D eigenvalue weighted by atomic mass is 32.1. The molecule has 4 nitrogen and oxygen atoms in total. The van der Waals surface area contributed by atoms with E-state index in [9.17, 15) is 4.79 Å². The molecule has 2 heterocycles. The minimum absolute atomic E-state index is 0.0295. The molecule has 5 heteroatoms. The monoisotopic (exact) mass is 293 g/mol. The molecule has 0 atom stereocenters. The third-order valence-corrected chi connectivity index (χ3v) is 4.40.